The highest BCUT2D eigenvalue weighted by Gasteiger charge is 2.67. The number of nitrogens with one attached hydrogen (secondary N) is 1. The van der Waals surface area contributed by atoms with Gasteiger partial charge in [-0.15, -0.1) is 0 Å². The summed E-state index contributed by atoms with van der Waals surface area (Å²) in [7, 11) is 0. The van der Waals surface area contributed by atoms with Crippen molar-refractivity contribution in [3.8, 4) is 0 Å². The maximum atomic E-state index is 13.9. The first kappa shape index (κ1) is 27.3. The summed E-state index contributed by atoms with van der Waals surface area (Å²) < 4.78 is 5.90. The van der Waals surface area contributed by atoms with Crippen LogP contribution < -0.4 is 5.32 Å². The van der Waals surface area contributed by atoms with Gasteiger partial charge in [-0.1, -0.05) is 40.2 Å². The van der Waals surface area contributed by atoms with Crippen LogP contribution in [0.25, 0.3) is 0 Å². The fraction of sp³-hybridized carbons (Fsp3) is 0.794. The summed E-state index contributed by atoms with van der Waals surface area (Å²) in [6.45, 7) is 12.1. The molecule has 0 spiro atoms. The molecule has 9 atom stereocenters. The predicted octanol–water partition coefficient (Wildman–Crippen LogP) is 7.09. The number of pyridine rings is 1. The largest absolute Gasteiger partial charge is 0.462 e. The second-order valence-electron chi connectivity index (χ2n) is 15.2. The van der Waals surface area contributed by atoms with Gasteiger partial charge in [-0.25, -0.2) is 0 Å². The lowest BCUT2D eigenvalue weighted by atomic mass is 9.36. The van der Waals surface area contributed by atoms with Crippen LogP contribution >= 0.6 is 0 Å². The summed E-state index contributed by atoms with van der Waals surface area (Å²) in [6, 6.07) is 5.92. The predicted molar refractivity (Wildman–Crippen MR) is 152 cm³/mol. The van der Waals surface area contributed by atoms with E-state index in [0.29, 0.717) is 41.0 Å². The molecule has 5 heteroatoms. The number of nitrogens with zero attached hydrogens (tertiary/aromatic N) is 1. The fourth-order valence-electron chi connectivity index (χ4n) is 11.8. The zero-order valence-corrected chi connectivity index (χ0v) is 24.9. The summed E-state index contributed by atoms with van der Waals surface area (Å²) in [5.41, 5.74) is 1.41. The van der Waals surface area contributed by atoms with Crippen molar-refractivity contribution >= 4 is 11.9 Å². The summed E-state index contributed by atoms with van der Waals surface area (Å²) in [5, 5.41) is 3.32. The smallest absolute Gasteiger partial charge is 0.302 e. The summed E-state index contributed by atoms with van der Waals surface area (Å²) in [6.07, 6.45) is 14.8. The molecule has 5 aliphatic carbocycles. The van der Waals surface area contributed by atoms with Crippen molar-refractivity contribution < 1.29 is 14.3 Å². The molecule has 1 heterocycles. The van der Waals surface area contributed by atoms with Crippen LogP contribution in [0.15, 0.2) is 24.4 Å². The highest BCUT2D eigenvalue weighted by molar-refractivity contribution is 5.83. The fourth-order valence-corrected chi connectivity index (χ4v) is 11.8. The van der Waals surface area contributed by atoms with Crippen LogP contribution in [0.4, 0.5) is 0 Å². The molecule has 9 unspecified atom stereocenters. The van der Waals surface area contributed by atoms with Gasteiger partial charge in [0.2, 0.25) is 5.91 Å². The number of esters is 1. The van der Waals surface area contributed by atoms with Crippen LogP contribution in [0.2, 0.25) is 0 Å². The van der Waals surface area contributed by atoms with Crippen molar-refractivity contribution in [1.82, 2.24) is 10.3 Å². The van der Waals surface area contributed by atoms with Gasteiger partial charge in [0, 0.05) is 18.5 Å². The minimum atomic E-state index is -0.176. The Labute approximate surface area is 235 Å². The lowest BCUT2D eigenvalue weighted by Crippen LogP contribution is -2.64. The Balaban J connectivity index is 1.22. The molecule has 1 N–H and O–H groups in total. The molecule has 6 rings (SSSR count). The summed E-state index contributed by atoms with van der Waals surface area (Å²) in [4.78, 5) is 30.2. The van der Waals surface area contributed by atoms with E-state index in [-0.39, 0.29) is 22.9 Å². The van der Waals surface area contributed by atoms with Crippen molar-refractivity contribution in [3.05, 3.63) is 30.1 Å². The van der Waals surface area contributed by atoms with E-state index in [9.17, 15) is 9.59 Å². The molecule has 1 aromatic heterocycles. The molecular weight excluding hydrogens is 484 g/mol. The number of amides is 1. The monoisotopic (exact) mass is 534 g/mol. The van der Waals surface area contributed by atoms with Gasteiger partial charge in [-0.3, -0.25) is 14.6 Å². The average Bonchev–Trinajstić information content (AvgIpc) is 3.35. The van der Waals surface area contributed by atoms with Crippen molar-refractivity contribution in [3.63, 3.8) is 0 Å². The molecule has 1 aromatic rings. The minimum Gasteiger partial charge on any atom is -0.462 e. The van der Waals surface area contributed by atoms with E-state index >= 15 is 0 Å². The number of rotatable bonds is 4. The molecule has 214 valence electrons. The van der Waals surface area contributed by atoms with Gasteiger partial charge in [0.1, 0.15) is 6.10 Å². The molecule has 0 aliphatic heterocycles. The highest BCUT2D eigenvalue weighted by Crippen LogP contribution is 2.73. The van der Waals surface area contributed by atoms with Crippen LogP contribution in [0, 0.1) is 51.2 Å². The van der Waals surface area contributed by atoms with Crippen molar-refractivity contribution in [2.75, 3.05) is 0 Å². The van der Waals surface area contributed by atoms with Crippen LogP contribution in [0.3, 0.4) is 0 Å². The second kappa shape index (κ2) is 9.58. The molecular formula is C34H50N2O3. The Morgan fingerprint density at radius 3 is 2.44 bits per heavy atom. The first-order chi connectivity index (χ1) is 18.5. The van der Waals surface area contributed by atoms with Crippen LogP contribution in [-0.2, 0) is 20.9 Å². The number of hydrogen-bond donors (Lipinski definition) is 1. The molecule has 0 bridgehead atoms. The number of hydrogen-bond acceptors (Lipinski definition) is 4. The Hall–Kier alpha value is -1.91. The molecule has 5 nitrogen and oxygen atoms in total. The van der Waals surface area contributed by atoms with E-state index in [0.717, 1.165) is 36.8 Å². The van der Waals surface area contributed by atoms with Gasteiger partial charge in [-0.2, -0.15) is 0 Å². The van der Waals surface area contributed by atoms with Crippen LogP contribution in [0.5, 0.6) is 0 Å². The van der Waals surface area contributed by atoms with Gasteiger partial charge in [-0.05, 0) is 117 Å². The molecule has 5 saturated carbocycles. The number of carbonyl (C=O) groups is 2. The zero-order valence-electron chi connectivity index (χ0n) is 24.9. The molecule has 5 aliphatic rings. The Morgan fingerprint density at radius 2 is 1.69 bits per heavy atom. The number of carbonyl (C=O) groups excluding carboxylic acids is 2. The van der Waals surface area contributed by atoms with E-state index < -0.39 is 0 Å². The minimum absolute atomic E-state index is 0.00964. The van der Waals surface area contributed by atoms with Crippen LogP contribution in [-0.4, -0.2) is 23.0 Å². The maximum absolute atomic E-state index is 13.9. The zero-order chi connectivity index (χ0) is 27.6. The molecule has 39 heavy (non-hydrogen) atoms. The highest BCUT2D eigenvalue weighted by atomic mass is 16.5. The standard InChI is InChI=1S/C34H50N2O3/c1-22(37)39-29-15-18-33(5)27(31(29,2)3)14-17-32(4)25-13-19-34(30(38)36-21-23-9-6-7-20-35-23)16-8-10-26(34)24(25)11-12-28(32)33/h6-7,9,20,24-29H,8,10-19,21H2,1-5H3,(H,36,38). The third-order valence-electron chi connectivity index (χ3n) is 13.4. The van der Waals surface area contributed by atoms with Gasteiger partial charge >= 0.3 is 5.97 Å². The van der Waals surface area contributed by atoms with E-state index in [4.69, 9.17) is 4.74 Å². The van der Waals surface area contributed by atoms with Crippen molar-refractivity contribution in [2.24, 2.45) is 51.2 Å². The van der Waals surface area contributed by atoms with Gasteiger partial charge < -0.3 is 10.1 Å². The third kappa shape index (κ3) is 4.10. The average molecular weight is 535 g/mol. The summed E-state index contributed by atoms with van der Waals surface area (Å²) in [5.74, 6) is 3.39. The normalized spacial score (nSPS) is 44.2. The quantitative estimate of drug-likeness (QED) is 0.419. The van der Waals surface area contributed by atoms with E-state index in [1.807, 2.05) is 24.4 Å². The summed E-state index contributed by atoms with van der Waals surface area (Å²) >= 11 is 0. The van der Waals surface area contributed by atoms with Crippen molar-refractivity contribution in [1.29, 1.82) is 0 Å². The number of fused-ring (bicyclic) bond motifs is 7. The van der Waals surface area contributed by atoms with Gasteiger partial charge in [0.05, 0.1) is 17.7 Å². The Morgan fingerprint density at radius 1 is 0.897 bits per heavy atom. The SMILES string of the molecule is CC(=O)OC1CCC2(C)C(CCC3(C)C4CCC5(C(=O)NCc6ccccn6)CCCC5C4CCC32)C1(C)C. The first-order valence-electron chi connectivity index (χ1n) is 15.9. The topological polar surface area (TPSA) is 68.3 Å². The van der Waals surface area contributed by atoms with Crippen LogP contribution in [0.1, 0.15) is 111 Å². The molecule has 0 saturated heterocycles. The maximum Gasteiger partial charge on any atom is 0.302 e. The van der Waals surface area contributed by atoms with E-state index in [1.165, 1.54) is 51.4 Å². The van der Waals surface area contributed by atoms with Crippen molar-refractivity contribution in [2.45, 2.75) is 118 Å². The van der Waals surface area contributed by atoms with Gasteiger partial charge in [0.15, 0.2) is 0 Å². The molecule has 1 amide bonds. The number of ether oxygens (including phenoxy) is 1. The number of aromatic nitrogens is 1. The molecule has 0 radical (unpaired) electrons. The molecule has 5 fully saturated rings. The lowest BCUT2D eigenvalue weighted by Gasteiger charge is -2.69. The Kier molecular flexibility index (Phi) is 6.70. The molecule has 0 aromatic carbocycles. The third-order valence-corrected chi connectivity index (χ3v) is 13.4. The van der Waals surface area contributed by atoms with E-state index in [1.54, 1.807) is 6.92 Å². The lowest BCUT2D eigenvalue weighted by molar-refractivity contribution is -0.220. The first-order valence-corrected chi connectivity index (χ1v) is 15.9. The Bertz CT molecular complexity index is 1100. The second-order valence-corrected chi connectivity index (χ2v) is 15.2. The van der Waals surface area contributed by atoms with Gasteiger partial charge in [0.25, 0.3) is 0 Å². The van der Waals surface area contributed by atoms with E-state index in [2.05, 4.69) is 38.0 Å².